The second kappa shape index (κ2) is 4.34. The summed E-state index contributed by atoms with van der Waals surface area (Å²) in [6.45, 7) is 7.70. The van der Waals surface area contributed by atoms with E-state index in [0.717, 1.165) is 22.4 Å². The monoisotopic (exact) mass is 223 g/mol. The van der Waals surface area contributed by atoms with E-state index in [1.54, 1.807) is 7.11 Å². The molecule has 0 aliphatic carbocycles. The molecular weight excluding hydrogens is 202 g/mol. The number of nitrogens with two attached hydrogens (primary N) is 1. The number of benzene rings is 1. The van der Waals surface area contributed by atoms with Gasteiger partial charge < -0.3 is 15.6 Å². The Kier molecular flexibility index (Phi) is 3.48. The van der Waals surface area contributed by atoms with Crippen LogP contribution in [0.2, 0.25) is 0 Å². The number of ether oxygens (including phenoxy) is 1. The van der Waals surface area contributed by atoms with E-state index in [1.165, 1.54) is 0 Å². The Balaban J connectivity index is 3.25. The van der Waals surface area contributed by atoms with Crippen LogP contribution >= 0.6 is 0 Å². The minimum Gasteiger partial charge on any atom is -0.507 e. The van der Waals surface area contributed by atoms with Crippen molar-refractivity contribution in [1.82, 2.24) is 0 Å². The third-order valence-electron chi connectivity index (χ3n) is 2.76. The normalized spacial score (nSPS) is 11.6. The molecule has 1 aromatic carbocycles. The highest BCUT2D eigenvalue weighted by Gasteiger charge is 2.18. The topological polar surface area (TPSA) is 55.5 Å². The first-order chi connectivity index (χ1) is 7.26. The molecule has 3 heteroatoms. The van der Waals surface area contributed by atoms with Crippen LogP contribution in [0.5, 0.6) is 11.5 Å². The van der Waals surface area contributed by atoms with Crippen LogP contribution in [0.15, 0.2) is 6.07 Å². The quantitative estimate of drug-likeness (QED) is 0.826. The molecule has 0 fully saturated rings. The number of phenols is 1. The lowest BCUT2D eigenvalue weighted by Gasteiger charge is -2.21. The molecule has 90 valence electrons. The average molecular weight is 223 g/mol. The second-order valence-electron chi connectivity index (χ2n) is 5.00. The number of phenolic OH excluding ortho intramolecular Hbond substituents is 1. The van der Waals surface area contributed by atoms with Crippen LogP contribution < -0.4 is 10.5 Å². The Morgan fingerprint density at radius 1 is 1.31 bits per heavy atom. The standard InChI is InChI=1S/C13H21NO2/c1-8-9(2)12(15)10(6-11(8)16-5)7-13(3,4)14/h6,15H,7,14H2,1-5H3. The summed E-state index contributed by atoms with van der Waals surface area (Å²) in [5.74, 6) is 1.13. The molecule has 0 spiro atoms. The van der Waals surface area contributed by atoms with E-state index < -0.39 is 0 Å². The number of aromatic hydroxyl groups is 1. The highest BCUT2D eigenvalue weighted by Crippen LogP contribution is 2.33. The van der Waals surface area contributed by atoms with Gasteiger partial charge >= 0.3 is 0 Å². The first-order valence-corrected chi connectivity index (χ1v) is 5.41. The van der Waals surface area contributed by atoms with Gasteiger partial charge in [0.05, 0.1) is 7.11 Å². The molecular formula is C13H21NO2. The van der Waals surface area contributed by atoms with Crippen LogP contribution in [-0.4, -0.2) is 17.8 Å². The number of hydrogen-bond donors (Lipinski definition) is 2. The van der Waals surface area contributed by atoms with Gasteiger partial charge in [0.2, 0.25) is 0 Å². The van der Waals surface area contributed by atoms with Crippen LogP contribution in [0.4, 0.5) is 0 Å². The molecule has 0 radical (unpaired) electrons. The molecule has 0 amide bonds. The maximum atomic E-state index is 10.1. The summed E-state index contributed by atoms with van der Waals surface area (Å²) in [5.41, 5.74) is 8.29. The van der Waals surface area contributed by atoms with E-state index in [1.807, 2.05) is 33.8 Å². The van der Waals surface area contributed by atoms with Crippen molar-refractivity contribution in [3.8, 4) is 11.5 Å². The van der Waals surface area contributed by atoms with Crippen molar-refractivity contribution in [3.05, 3.63) is 22.8 Å². The van der Waals surface area contributed by atoms with E-state index >= 15 is 0 Å². The van der Waals surface area contributed by atoms with Crippen LogP contribution in [0, 0.1) is 13.8 Å². The Morgan fingerprint density at radius 3 is 2.31 bits per heavy atom. The fourth-order valence-corrected chi connectivity index (χ4v) is 1.78. The molecule has 0 saturated carbocycles. The van der Waals surface area contributed by atoms with Gasteiger partial charge in [-0.05, 0) is 56.9 Å². The minimum atomic E-state index is -0.343. The van der Waals surface area contributed by atoms with Crippen molar-refractivity contribution in [2.24, 2.45) is 5.73 Å². The highest BCUT2D eigenvalue weighted by molar-refractivity contribution is 5.52. The summed E-state index contributed by atoms with van der Waals surface area (Å²) in [6, 6.07) is 1.87. The molecule has 0 saturated heterocycles. The second-order valence-corrected chi connectivity index (χ2v) is 5.00. The zero-order valence-corrected chi connectivity index (χ0v) is 10.7. The Hall–Kier alpha value is -1.22. The zero-order valence-electron chi connectivity index (χ0n) is 10.7. The van der Waals surface area contributed by atoms with Gasteiger partial charge in [0, 0.05) is 5.54 Å². The molecule has 0 unspecified atom stereocenters. The van der Waals surface area contributed by atoms with Gasteiger partial charge in [-0.2, -0.15) is 0 Å². The van der Waals surface area contributed by atoms with Crippen LogP contribution in [0.1, 0.15) is 30.5 Å². The predicted octanol–water partition coefficient (Wildman–Crippen LogP) is 2.30. The predicted molar refractivity (Wildman–Crippen MR) is 66.1 cm³/mol. The van der Waals surface area contributed by atoms with Crippen LogP contribution in [0.25, 0.3) is 0 Å². The number of rotatable bonds is 3. The SMILES string of the molecule is COc1cc(CC(C)(C)N)c(O)c(C)c1C. The van der Waals surface area contributed by atoms with E-state index in [2.05, 4.69) is 0 Å². The summed E-state index contributed by atoms with van der Waals surface area (Å²) in [4.78, 5) is 0. The average Bonchev–Trinajstić information content (AvgIpc) is 2.17. The number of hydrogen-bond acceptors (Lipinski definition) is 3. The van der Waals surface area contributed by atoms with Crippen molar-refractivity contribution in [2.45, 2.75) is 39.7 Å². The number of methoxy groups -OCH3 is 1. The fourth-order valence-electron chi connectivity index (χ4n) is 1.78. The summed E-state index contributed by atoms with van der Waals surface area (Å²) in [6.07, 6.45) is 0.621. The molecule has 3 nitrogen and oxygen atoms in total. The summed E-state index contributed by atoms with van der Waals surface area (Å²) < 4.78 is 5.28. The molecule has 1 rings (SSSR count). The lowest BCUT2D eigenvalue weighted by molar-refractivity contribution is 0.403. The summed E-state index contributed by atoms with van der Waals surface area (Å²) in [7, 11) is 1.64. The van der Waals surface area contributed by atoms with Crippen molar-refractivity contribution in [2.75, 3.05) is 7.11 Å². The van der Waals surface area contributed by atoms with Crippen molar-refractivity contribution < 1.29 is 9.84 Å². The van der Waals surface area contributed by atoms with E-state index in [0.29, 0.717) is 12.2 Å². The molecule has 0 heterocycles. The third-order valence-corrected chi connectivity index (χ3v) is 2.76. The van der Waals surface area contributed by atoms with Crippen molar-refractivity contribution in [1.29, 1.82) is 0 Å². The highest BCUT2D eigenvalue weighted by atomic mass is 16.5. The minimum absolute atomic E-state index is 0.330. The van der Waals surface area contributed by atoms with Crippen LogP contribution in [0.3, 0.4) is 0 Å². The molecule has 0 aliphatic heterocycles. The molecule has 3 N–H and O–H groups in total. The largest absolute Gasteiger partial charge is 0.507 e. The molecule has 0 aromatic heterocycles. The lowest BCUT2D eigenvalue weighted by atomic mass is 9.92. The Bertz CT molecular complexity index is 392. The smallest absolute Gasteiger partial charge is 0.122 e. The van der Waals surface area contributed by atoms with Crippen molar-refractivity contribution in [3.63, 3.8) is 0 Å². The maximum Gasteiger partial charge on any atom is 0.122 e. The molecule has 0 bridgehead atoms. The third kappa shape index (κ3) is 2.67. The van der Waals surface area contributed by atoms with E-state index in [4.69, 9.17) is 10.5 Å². The fraction of sp³-hybridized carbons (Fsp3) is 0.538. The van der Waals surface area contributed by atoms with Gasteiger partial charge in [0.1, 0.15) is 11.5 Å². The van der Waals surface area contributed by atoms with Gasteiger partial charge in [-0.25, -0.2) is 0 Å². The van der Waals surface area contributed by atoms with E-state index in [9.17, 15) is 5.11 Å². The van der Waals surface area contributed by atoms with Gasteiger partial charge in [-0.15, -0.1) is 0 Å². The van der Waals surface area contributed by atoms with Gasteiger partial charge in [-0.3, -0.25) is 0 Å². The first-order valence-electron chi connectivity index (χ1n) is 5.41. The van der Waals surface area contributed by atoms with Gasteiger partial charge in [-0.1, -0.05) is 0 Å². The zero-order chi connectivity index (χ0) is 12.5. The molecule has 16 heavy (non-hydrogen) atoms. The van der Waals surface area contributed by atoms with Gasteiger partial charge in [0.25, 0.3) is 0 Å². The molecule has 0 aliphatic rings. The molecule has 1 aromatic rings. The van der Waals surface area contributed by atoms with Crippen molar-refractivity contribution >= 4 is 0 Å². The first kappa shape index (κ1) is 12.8. The Morgan fingerprint density at radius 2 is 1.88 bits per heavy atom. The lowest BCUT2D eigenvalue weighted by Crippen LogP contribution is -2.34. The van der Waals surface area contributed by atoms with Crippen LogP contribution in [-0.2, 0) is 6.42 Å². The summed E-state index contributed by atoms with van der Waals surface area (Å²) >= 11 is 0. The Labute approximate surface area is 97.2 Å². The maximum absolute atomic E-state index is 10.1. The van der Waals surface area contributed by atoms with Gasteiger partial charge in [0.15, 0.2) is 0 Å². The summed E-state index contributed by atoms with van der Waals surface area (Å²) in [5, 5.41) is 10.1. The van der Waals surface area contributed by atoms with E-state index in [-0.39, 0.29) is 5.54 Å². The molecule has 0 atom stereocenters.